The maximum absolute atomic E-state index is 12.8. The van der Waals surface area contributed by atoms with Crippen LogP contribution in [0.4, 0.5) is 5.69 Å². The van der Waals surface area contributed by atoms with Crippen molar-refractivity contribution in [3.8, 4) is 0 Å². The Kier molecular flexibility index (Phi) is 4.81. The summed E-state index contributed by atoms with van der Waals surface area (Å²) >= 11 is 0. The number of aromatic nitrogens is 3. The van der Waals surface area contributed by atoms with E-state index in [4.69, 9.17) is 0 Å². The van der Waals surface area contributed by atoms with E-state index in [1.54, 1.807) is 0 Å². The lowest BCUT2D eigenvalue weighted by Gasteiger charge is -2.19. The predicted octanol–water partition coefficient (Wildman–Crippen LogP) is 2.63. The van der Waals surface area contributed by atoms with Gasteiger partial charge in [0.2, 0.25) is 0 Å². The van der Waals surface area contributed by atoms with Crippen molar-refractivity contribution in [1.29, 1.82) is 0 Å². The Morgan fingerprint density at radius 1 is 1.25 bits per heavy atom. The zero-order valence-electron chi connectivity index (χ0n) is 15.7. The van der Waals surface area contributed by atoms with Gasteiger partial charge in [0.05, 0.1) is 10.9 Å². The molecule has 1 aromatic carbocycles. The molecule has 0 saturated carbocycles. The third-order valence-electron chi connectivity index (χ3n) is 5.19. The number of hydrogen-bond acceptors (Lipinski definition) is 4. The summed E-state index contributed by atoms with van der Waals surface area (Å²) in [6.45, 7) is 2.38. The van der Waals surface area contributed by atoms with Gasteiger partial charge in [0.15, 0.2) is 0 Å². The fraction of sp³-hybridized carbons (Fsp3) is 0.333. The van der Waals surface area contributed by atoms with Gasteiger partial charge < -0.3 is 5.32 Å². The lowest BCUT2D eigenvalue weighted by atomic mass is 9.90. The minimum absolute atomic E-state index is 0.232. The summed E-state index contributed by atoms with van der Waals surface area (Å²) in [6, 6.07) is 7.46. The Balaban J connectivity index is 1.71. The molecule has 2 heterocycles. The Morgan fingerprint density at radius 3 is 2.89 bits per heavy atom. The van der Waals surface area contributed by atoms with Crippen LogP contribution in [-0.4, -0.2) is 20.4 Å². The van der Waals surface area contributed by atoms with E-state index in [1.807, 2.05) is 19.1 Å². The summed E-state index contributed by atoms with van der Waals surface area (Å²) in [5.41, 5.74) is 2.84. The van der Waals surface area contributed by atoms with Crippen molar-refractivity contribution in [1.82, 2.24) is 14.5 Å². The van der Waals surface area contributed by atoms with Gasteiger partial charge in [-0.2, -0.15) is 0 Å². The number of fused-ring (bicyclic) bond motifs is 2. The number of carbonyl (C=O) groups is 1. The Hall–Kier alpha value is -3.22. The first-order valence-electron chi connectivity index (χ1n) is 9.63. The van der Waals surface area contributed by atoms with Gasteiger partial charge >= 0.3 is 5.69 Å². The van der Waals surface area contributed by atoms with Crippen LogP contribution in [-0.2, 0) is 19.4 Å². The summed E-state index contributed by atoms with van der Waals surface area (Å²) in [6.07, 6.45) is 6.40. The topological polar surface area (TPSA) is 96.9 Å². The Morgan fingerprint density at radius 2 is 2.07 bits per heavy atom. The summed E-state index contributed by atoms with van der Waals surface area (Å²) in [5.74, 6) is -0.319. The summed E-state index contributed by atoms with van der Waals surface area (Å²) in [4.78, 5) is 43.6. The summed E-state index contributed by atoms with van der Waals surface area (Å²) in [5, 5.41) is 3.19. The number of rotatable bonds is 4. The van der Waals surface area contributed by atoms with E-state index in [9.17, 15) is 14.4 Å². The molecule has 0 radical (unpaired) electrons. The molecule has 4 rings (SSSR count). The van der Waals surface area contributed by atoms with E-state index in [0.29, 0.717) is 12.2 Å². The number of H-pyrrole nitrogens is 1. The number of nitrogens with zero attached hydrogens (tertiary/aromatic N) is 2. The molecule has 144 valence electrons. The Labute approximate surface area is 161 Å². The smallest absolute Gasteiger partial charge is 0.322 e. The normalized spacial score (nSPS) is 13.3. The third-order valence-corrected chi connectivity index (χ3v) is 5.19. The number of amides is 1. The fourth-order valence-corrected chi connectivity index (χ4v) is 3.82. The van der Waals surface area contributed by atoms with Gasteiger partial charge in [-0.1, -0.05) is 19.1 Å². The van der Waals surface area contributed by atoms with E-state index >= 15 is 0 Å². The molecule has 7 nitrogen and oxygen atoms in total. The van der Waals surface area contributed by atoms with Crippen molar-refractivity contribution in [2.75, 3.05) is 5.32 Å². The van der Waals surface area contributed by atoms with Crippen LogP contribution < -0.4 is 16.6 Å². The molecule has 0 spiro atoms. The average Bonchev–Trinajstić information content (AvgIpc) is 2.71. The van der Waals surface area contributed by atoms with Crippen molar-refractivity contribution < 1.29 is 4.79 Å². The van der Waals surface area contributed by atoms with E-state index < -0.39 is 11.2 Å². The molecule has 0 fully saturated rings. The van der Waals surface area contributed by atoms with Gasteiger partial charge in [-0.3, -0.25) is 19.1 Å². The average molecular weight is 378 g/mol. The zero-order chi connectivity index (χ0) is 19.7. The first-order chi connectivity index (χ1) is 13.6. The van der Waals surface area contributed by atoms with Gasteiger partial charge in [0.25, 0.3) is 11.5 Å². The molecule has 1 amide bonds. The van der Waals surface area contributed by atoms with Crippen LogP contribution >= 0.6 is 0 Å². The van der Waals surface area contributed by atoms with Crippen molar-refractivity contribution in [2.45, 2.75) is 45.6 Å². The van der Waals surface area contributed by atoms with Crippen LogP contribution in [0.3, 0.4) is 0 Å². The lowest BCUT2D eigenvalue weighted by molar-refractivity contribution is 0.102. The van der Waals surface area contributed by atoms with E-state index in [-0.39, 0.29) is 16.9 Å². The minimum Gasteiger partial charge on any atom is -0.322 e. The molecule has 3 aromatic rings. The largest absolute Gasteiger partial charge is 0.329 e. The number of benzene rings is 1. The molecule has 1 aliphatic rings. The second kappa shape index (κ2) is 7.42. The van der Waals surface area contributed by atoms with Gasteiger partial charge in [0.1, 0.15) is 5.65 Å². The SMILES string of the molecule is CCCn1c(=O)[nH]c(=O)c2cc(C(=O)Nc3cccc4c3CCCC4)cnc21. The predicted molar refractivity (Wildman–Crippen MR) is 108 cm³/mol. The van der Waals surface area contributed by atoms with Crippen LogP contribution in [0.1, 0.15) is 47.7 Å². The summed E-state index contributed by atoms with van der Waals surface area (Å²) < 4.78 is 1.42. The molecule has 1 aliphatic carbocycles. The zero-order valence-corrected chi connectivity index (χ0v) is 15.7. The molecular formula is C21H22N4O3. The highest BCUT2D eigenvalue weighted by molar-refractivity contribution is 6.06. The maximum Gasteiger partial charge on any atom is 0.329 e. The number of carbonyl (C=O) groups excluding carboxylic acids is 1. The van der Waals surface area contributed by atoms with E-state index in [1.165, 1.54) is 34.4 Å². The van der Waals surface area contributed by atoms with Crippen LogP contribution in [0, 0.1) is 0 Å². The van der Waals surface area contributed by atoms with Gasteiger partial charge in [-0.05, 0) is 55.4 Å². The van der Waals surface area contributed by atoms with Crippen molar-refractivity contribution >= 4 is 22.6 Å². The second-order valence-electron chi connectivity index (χ2n) is 7.11. The summed E-state index contributed by atoms with van der Waals surface area (Å²) in [7, 11) is 0. The Bertz CT molecular complexity index is 1180. The van der Waals surface area contributed by atoms with Crippen LogP contribution in [0.15, 0.2) is 40.1 Å². The van der Waals surface area contributed by atoms with Gasteiger partial charge in [0, 0.05) is 18.4 Å². The minimum atomic E-state index is -0.536. The highest BCUT2D eigenvalue weighted by Crippen LogP contribution is 2.28. The third kappa shape index (κ3) is 3.24. The van der Waals surface area contributed by atoms with Crippen molar-refractivity contribution in [2.24, 2.45) is 0 Å². The second-order valence-corrected chi connectivity index (χ2v) is 7.11. The first-order valence-corrected chi connectivity index (χ1v) is 9.63. The number of hydrogen-bond donors (Lipinski definition) is 2. The quantitative estimate of drug-likeness (QED) is 0.729. The van der Waals surface area contributed by atoms with Gasteiger partial charge in [-0.25, -0.2) is 9.78 Å². The van der Waals surface area contributed by atoms with Crippen LogP contribution in [0.5, 0.6) is 0 Å². The monoisotopic (exact) mass is 378 g/mol. The molecule has 2 N–H and O–H groups in total. The molecule has 28 heavy (non-hydrogen) atoms. The molecule has 0 saturated heterocycles. The lowest BCUT2D eigenvalue weighted by Crippen LogP contribution is -2.31. The molecule has 0 aliphatic heterocycles. The fourth-order valence-electron chi connectivity index (χ4n) is 3.82. The molecule has 7 heteroatoms. The number of aryl methyl sites for hydroxylation is 2. The molecular weight excluding hydrogens is 356 g/mol. The maximum atomic E-state index is 12.8. The van der Waals surface area contributed by atoms with Crippen molar-refractivity contribution in [3.05, 3.63) is 68.0 Å². The number of aromatic amines is 1. The highest BCUT2D eigenvalue weighted by Gasteiger charge is 2.17. The van der Waals surface area contributed by atoms with Crippen molar-refractivity contribution in [3.63, 3.8) is 0 Å². The first kappa shape index (κ1) is 18.2. The van der Waals surface area contributed by atoms with Crippen LogP contribution in [0.2, 0.25) is 0 Å². The van der Waals surface area contributed by atoms with E-state index in [0.717, 1.165) is 31.4 Å². The molecule has 0 bridgehead atoms. The van der Waals surface area contributed by atoms with Gasteiger partial charge in [-0.15, -0.1) is 0 Å². The number of pyridine rings is 1. The number of anilines is 1. The highest BCUT2D eigenvalue weighted by atomic mass is 16.2. The van der Waals surface area contributed by atoms with E-state index in [2.05, 4.69) is 21.4 Å². The number of nitrogens with one attached hydrogen (secondary N) is 2. The molecule has 0 unspecified atom stereocenters. The standard InChI is InChI=1S/C21H22N4O3/c1-2-10-25-18-16(20(27)24-21(25)28)11-14(12-22-18)19(26)23-17-9-5-7-13-6-3-4-8-15(13)17/h5,7,9,11-12H,2-4,6,8,10H2,1H3,(H,23,26)(H,24,27,28). The molecule has 2 aromatic heterocycles. The van der Waals surface area contributed by atoms with Crippen LogP contribution in [0.25, 0.3) is 11.0 Å². The molecule has 0 atom stereocenters.